The minimum atomic E-state index is -0.0225. The molecule has 0 radical (unpaired) electrons. The Bertz CT molecular complexity index is 325. The summed E-state index contributed by atoms with van der Waals surface area (Å²) < 4.78 is 0. The van der Waals surface area contributed by atoms with Gasteiger partial charge in [0.2, 0.25) is 0 Å². The molecule has 1 N–H and O–H groups in total. The van der Waals surface area contributed by atoms with Crippen LogP contribution in [0.2, 0.25) is 0 Å². The predicted octanol–water partition coefficient (Wildman–Crippen LogP) is 2.31. The fourth-order valence-corrected chi connectivity index (χ4v) is 2.06. The van der Waals surface area contributed by atoms with Crippen LogP contribution in [-0.4, -0.2) is 16.7 Å². The largest absolute Gasteiger partial charge is 0.381 e. The van der Waals surface area contributed by atoms with Crippen molar-refractivity contribution in [1.82, 2.24) is 4.90 Å². The first-order chi connectivity index (χ1) is 6.16. The Morgan fingerprint density at radius 3 is 2.57 bits per heavy atom. The summed E-state index contributed by atoms with van der Waals surface area (Å²) in [5.41, 5.74) is 2.65. The molecule has 78 valence electrons. The van der Waals surface area contributed by atoms with Crippen molar-refractivity contribution in [2.24, 2.45) is 0 Å². The van der Waals surface area contributed by atoms with E-state index in [0.29, 0.717) is 0 Å². The lowest BCUT2D eigenvalue weighted by Gasteiger charge is -2.30. The smallest absolute Gasteiger partial charge is 0.0966 e. The molecular weight excluding hydrogens is 289 g/mol. The van der Waals surface area contributed by atoms with Crippen LogP contribution in [0.5, 0.6) is 0 Å². The zero-order chi connectivity index (χ0) is 9.47. The van der Waals surface area contributed by atoms with Gasteiger partial charge in [-0.15, -0.1) is 24.0 Å². The topological polar surface area (TPSA) is 23.5 Å². The van der Waals surface area contributed by atoms with E-state index in [1.54, 1.807) is 0 Å². The molecule has 3 heteroatoms. The van der Waals surface area contributed by atoms with Crippen molar-refractivity contribution < 1.29 is 5.11 Å². The zero-order valence-corrected chi connectivity index (χ0v) is 10.9. The van der Waals surface area contributed by atoms with Gasteiger partial charge in [-0.3, -0.25) is 4.90 Å². The van der Waals surface area contributed by atoms with Crippen LogP contribution < -0.4 is 0 Å². The van der Waals surface area contributed by atoms with E-state index >= 15 is 0 Å². The first kappa shape index (κ1) is 11.9. The molecule has 0 saturated carbocycles. The molecule has 2 rings (SSSR count). The highest BCUT2D eigenvalue weighted by molar-refractivity contribution is 14.0. The minimum Gasteiger partial charge on any atom is -0.381 e. The van der Waals surface area contributed by atoms with Crippen LogP contribution in [0.3, 0.4) is 0 Å². The first-order valence-corrected chi connectivity index (χ1v) is 4.60. The Morgan fingerprint density at radius 1 is 1.36 bits per heavy atom. The average molecular weight is 305 g/mol. The molecule has 0 saturated heterocycles. The summed E-state index contributed by atoms with van der Waals surface area (Å²) in [6.07, 6.45) is 0. The molecule has 0 aliphatic carbocycles. The summed E-state index contributed by atoms with van der Waals surface area (Å²) in [6.45, 7) is 5.28. The predicted molar refractivity (Wildman–Crippen MR) is 67.5 cm³/mol. The molecule has 0 amide bonds. The Morgan fingerprint density at radius 2 is 2.00 bits per heavy atom. The second-order valence-electron chi connectivity index (χ2n) is 4.06. The van der Waals surface area contributed by atoms with Crippen molar-refractivity contribution in [1.29, 1.82) is 0 Å². The number of benzene rings is 1. The van der Waals surface area contributed by atoms with Gasteiger partial charge >= 0.3 is 0 Å². The van der Waals surface area contributed by atoms with Crippen LogP contribution in [-0.2, 0) is 12.1 Å². The Hall–Kier alpha value is -0.130. The fraction of sp³-hybridized carbons (Fsp3) is 0.455. The molecule has 0 spiro atoms. The number of halogens is 1. The van der Waals surface area contributed by atoms with Crippen molar-refractivity contribution in [2.45, 2.75) is 25.9 Å². The molecule has 0 unspecified atom stereocenters. The van der Waals surface area contributed by atoms with Gasteiger partial charge in [0.05, 0.1) is 6.73 Å². The molecule has 1 aliphatic heterocycles. The normalized spacial score (nSPS) is 18.8. The maximum atomic E-state index is 9.20. The van der Waals surface area contributed by atoms with Gasteiger partial charge in [0.25, 0.3) is 0 Å². The molecule has 1 heterocycles. The van der Waals surface area contributed by atoms with E-state index < -0.39 is 0 Å². The number of rotatable bonds is 1. The molecule has 2 nitrogen and oxygen atoms in total. The SMILES string of the molecule is CC1(C)c2ccccc2CN1CO.I. The van der Waals surface area contributed by atoms with Crippen LogP contribution in [0.25, 0.3) is 0 Å². The van der Waals surface area contributed by atoms with E-state index in [4.69, 9.17) is 0 Å². The molecule has 0 aromatic heterocycles. The summed E-state index contributed by atoms with van der Waals surface area (Å²) in [6, 6.07) is 8.38. The van der Waals surface area contributed by atoms with Gasteiger partial charge < -0.3 is 5.11 Å². The number of aliphatic hydroxyl groups excluding tert-OH is 1. The number of nitrogens with zero attached hydrogens (tertiary/aromatic N) is 1. The summed E-state index contributed by atoms with van der Waals surface area (Å²) >= 11 is 0. The molecule has 1 aromatic rings. The van der Waals surface area contributed by atoms with Crippen molar-refractivity contribution in [3.05, 3.63) is 35.4 Å². The van der Waals surface area contributed by atoms with Crippen molar-refractivity contribution in [3.8, 4) is 0 Å². The second kappa shape index (κ2) is 4.16. The number of hydrogen-bond donors (Lipinski definition) is 1. The van der Waals surface area contributed by atoms with Crippen LogP contribution in [0.1, 0.15) is 25.0 Å². The summed E-state index contributed by atoms with van der Waals surface area (Å²) in [5.74, 6) is 0. The molecule has 0 atom stereocenters. The van der Waals surface area contributed by atoms with Gasteiger partial charge in [0.1, 0.15) is 0 Å². The molecule has 1 aliphatic rings. The second-order valence-corrected chi connectivity index (χ2v) is 4.06. The van der Waals surface area contributed by atoms with Gasteiger partial charge in [-0.2, -0.15) is 0 Å². The summed E-state index contributed by atoms with van der Waals surface area (Å²) in [7, 11) is 0. The lowest BCUT2D eigenvalue weighted by atomic mass is 9.94. The molecule has 1 aromatic carbocycles. The standard InChI is InChI=1S/C11H15NO.HI/c1-11(2)10-6-4-3-5-9(10)7-12(11)8-13;/h3-6,13H,7-8H2,1-2H3;1H. The maximum absolute atomic E-state index is 9.20. The quantitative estimate of drug-likeness (QED) is 0.805. The van der Waals surface area contributed by atoms with Crippen LogP contribution in [0.15, 0.2) is 24.3 Å². The van der Waals surface area contributed by atoms with Crippen LogP contribution in [0.4, 0.5) is 0 Å². The Balaban J connectivity index is 0.000000980. The molecule has 14 heavy (non-hydrogen) atoms. The van der Waals surface area contributed by atoms with Gasteiger partial charge in [0.15, 0.2) is 0 Å². The van der Waals surface area contributed by atoms with Crippen molar-refractivity contribution in [2.75, 3.05) is 6.73 Å². The Kier molecular flexibility index (Phi) is 3.55. The zero-order valence-electron chi connectivity index (χ0n) is 8.53. The third kappa shape index (κ3) is 1.68. The van der Waals surface area contributed by atoms with Gasteiger partial charge in [-0.25, -0.2) is 0 Å². The van der Waals surface area contributed by atoms with Gasteiger partial charge in [-0.1, -0.05) is 24.3 Å². The molecular formula is C11H16INO. The molecule has 0 bridgehead atoms. The highest BCUT2D eigenvalue weighted by atomic mass is 127. The maximum Gasteiger partial charge on any atom is 0.0966 e. The van der Waals surface area contributed by atoms with E-state index in [0.717, 1.165) is 6.54 Å². The number of aliphatic hydroxyl groups is 1. The summed E-state index contributed by atoms with van der Waals surface area (Å²) in [5, 5.41) is 9.20. The van der Waals surface area contributed by atoms with Crippen molar-refractivity contribution >= 4 is 24.0 Å². The monoisotopic (exact) mass is 305 g/mol. The molecule has 0 fully saturated rings. The van der Waals surface area contributed by atoms with Crippen LogP contribution >= 0.6 is 24.0 Å². The number of hydrogen-bond acceptors (Lipinski definition) is 2. The van der Waals surface area contributed by atoms with Crippen molar-refractivity contribution in [3.63, 3.8) is 0 Å². The number of fused-ring (bicyclic) bond motifs is 1. The third-order valence-corrected chi connectivity index (χ3v) is 3.00. The van der Waals surface area contributed by atoms with E-state index in [-0.39, 0.29) is 36.2 Å². The van der Waals surface area contributed by atoms with E-state index in [1.165, 1.54) is 11.1 Å². The lowest BCUT2D eigenvalue weighted by Crippen LogP contribution is -2.35. The van der Waals surface area contributed by atoms with Gasteiger partial charge in [0, 0.05) is 12.1 Å². The highest BCUT2D eigenvalue weighted by Gasteiger charge is 2.35. The average Bonchev–Trinajstić information content (AvgIpc) is 2.39. The Labute approximate surface area is 102 Å². The summed E-state index contributed by atoms with van der Waals surface area (Å²) in [4.78, 5) is 2.07. The van der Waals surface area contributed by atoms with Gasteiger partial charge in [-0.05, 0) is 25.0 Å². The fourth-order valence-electron chi connectivity index (χ4n) is 2.06. The van der Waals surface area contributed by atoms with E-state index in [2.05, 4.69) is 43.0 Å². The van der Waals surface area contributed by atoms with E-state index in [9.17, 15) is 5.11 Å². The van der Waals surface area contributed by atoms with Crippen LogP contribution in [0, 0.1) is 0 Å². The third-order valence-electron chi connectivity index (χ3n) is 3.00. The highest BCUT2D eigenvalue weighted by Crippen LogP contribution is 2.37. The minimum absolute atomic E-state index is 0. The first-order valence-electron chi connectivity index (χ1n) is 4.60. The van der Waals surface area contributed by atoms with E-state index in [1.807, 2.05) is 0 Å². The lowest BCUT2D eigenvalue weighted by molar-refractivity contribution is 0.0309.